The van der Waals surface area contributed by atoms with Gasteiger partial charge in [0.15, 0.2) is 0 Å². The first-order valence-electron chi connectivity index (χ1n) is 11.4. The van der Waals surface area contributed by atoms with E-state index in [4.69, 9.17) is 11.6 Å². The van der Waals surface area contributed by atoms with Crippen LogP contribution in [-0.4, -0.2) is 44.3 Å². The molecule has 0 bridgehead atoms. The Bertz CT molecular complexity index is 1280. The van der Waals surface area contributed by atoms with Crippen LogP contribution < -0.4 is 0 Å². The molecule has 8 nitrogen and oxygen atoms in total. The molecule has 1 fully saturated rings. The van der Waals surface area contributed by atoms with Crippen LogP contribution >= 0.6 is 11.6 Å². The number of halogens is 1. The van der Waals surface area contributed by atoms with Gasteiger partial charge in [0.1, 0.15) is 5.52 Å². The second kappa shape index (κ2) is 10.0. The molecule has 0 saturated heterocycles. The smallest absolute Gasteiger partial charge is 0.304 e. The highest BCUT2D eigenvalue weighted by Crippen LogP contribution is 2.37. The molecular formula is C24H29ClN4O4S. The Balaban J connectivity index is 1.71. The number of nitrogens with zero attached hydrogens (tertiary/aromatic N) is 4. The molecule has 1 saturated carbocycles. The van der Waals surface area contributed by atoms with E-state index in [9.17, 15) is 18.3 Å². The molecule has 1 atom stereocenters. The van der Waals surface area contributed by atoms with Gasteiger partial charge in [-0.25, -0.2) is 13.1 Å². The van der Waals surface area contributed by atoms with Crippen LogP contribution in [0.1, 0.15) is 68.1 Å². The number of rotatable bonds is 8. The number of carboxylic acids is 1. The van der Waals surface area contributed by atoms with Crippen molar-refractivity contribution in [3.63, 3.8) is 0 Å². The molecular weight excluding hydrogens is 476 g/mol. The molecule has 1 heterocycles. The van der Waals surface area contributed by atoms with E-state index >= 15 is 0 Å². The Morgan fingerprint density at radius 3 is 2.53 bits per heavy atom. The Kier molecular flexibility index (Phi) is 7.25. The quantitative estimate of drug-likeness (QED) is 0.443. The van der Waals surface area contributed by atoms with E-state index in [1.807, 2.05) is 37.3 Å². The first-order chi connectivity index (χ1) is 16.2. The standard InChI is InChI=1S/C24H29ClN4O4S/c1-24(10-4-3-5-11-24)29(34(32)33)15-18-12-16(6-8-20(18)25)19(14-23(30)31)17-7-9-22-21(13-17)26-27-28(22)2/h6-9,12-13,19,34H,3-5,10-11,14-15H2,1-2H3,(H,30,31). The number of carbonyl (C=O) groups is 1. The molecule has 3 aromatic rings. The summed E-state index contributed by atoms with van der Waals surface area (Å²) in [5.74, 6) is -1.38. The van der Waals surface area contributed by atoms with Crippen molar-refractivity contribution in [2.75, 3.05) is 0 Å². The number of hydrogen-bond acceptors (Lipinski definition) is 5. The van der Waals surface area contributed by atoms with Crippen molar-refractivity contribution in [1.29, 1.82) is 0 Å². The minimum atomic E-state index is -2.81. The van der Waals surface area contributed by atoms with Crippen molar-refractivity contribution in [2.45, 2.75) is 63.5 Å². The van der Waals surface area contributed by atoms with Gasteiger partial charge in [0.25, 0.3) is 0 Å². The van der Waals surface area contributed by atoms with Gasteiger partial charge in [-0.05, 0) is 54.7 Å². The van der Waals surface area contributed by atoms with Crippen LogP contribution in [0.4, 0.5) is 0 Å². The summed E-state index contributed by atoms with van der Waals surface area (Å²) in [4.78, 5) is 11.7. The molecule has 182 valence electrons. The van der Waals surface area contributed by atoms with Crippen LogP contribution in [0, 0.1) is 0 Å². The average molecular weight is 505 g/mol. The zero-order chi connectivity index (χ0) is 24.5. The third-order valence-electron chi connectivity index (χ3n) is 6.96. The predicted molar refractivity (Wildman–Crippen MR) is 131 cm³/mol. The first-order valence-corrected chi connectivity index (χ1v) is 12.9. The van der Waals surface area contributed by atoms with Gasteiger partial charge in [-0.3, -0.25) is 4.79 Å². The summed E-state index contributed by atoms with van der Waals surface area (Å²) in [6.45, 7) is 2.16. The van der Waals surface area contributed by atoms with E-state index in [1.165, 1.54) is 4.31 Å². The number of aliphatic carboxylic acids is 1. The van der Waals surface area contributed by atoms with Gasteiger partial charge in [0.2, 0.25) is 10.9 Å². The molecule has 0 radical (unpaired) electrons. The maximum absolute atomic E-state index is 12.3. The molecule has 0 amide bonds. The molecule has 4 rings (SSSR count). The van der Waals surface area contributed by atoms with Gasteiger partial charge in [-0.15, -0.1) is 5.10 Å². The van der Waals surface area contributed by atoms with Gasteiger partial charge < -0.3 is 5.11 Å². The molecule has 1 N–H and O–H groups in total. The molecule has 1 aliphatic carbocycles. The van der Waals surface area contributed by atoms with Crippen molar-refractivity contribution in [3.8, 4) is 0 Å². The number of carboxylic acid groups (broad SMARTS) is 1. The lowest BCUT2D eigenvalue weighted by Gasteiger charge is -2.40. The molecule has 1 unspecified atom stereocenters. The van der Waals surface area contributed by atoms with Crippen LogP contribution in [0.2, 0.25) is 5.02 Å². The summed E-state index contributed by atoms with van der Waals surface area (Å²) >= 11 is 6.51. The SMILES string of the molecule is Cn1nnc2cc(C(CC(=O)O)c3ccc(Cl)c(CN([SH](=O)=O)C4(C)CCCCC4)c3)ccc21. The third-order valence-corrected chi connectivity index (χ3v) is 8.35. The highest BCUT2D eigenvalue weighted by molar-refractivity contribution is 7.69. The van der Waals surface area contributed by atoms with Gasteiger partial charge >= 0.3 is 5.97 Å². The summed E-state index contributed by atoms with van der Waals surface area (Å²) in [5, 5.41) is 18.3. The lowest BCUT2D eigenvalue weighted by molar-refractivity contribution is -0.137. The van der Waals surface area contributed by atoms with Crippen LogP contribution in [0.25, 0.3) is 11.0 Å². The van der Waals surface area contributed by atoms with E-state index in [-0.39, 0.29) is 13.0 Å². The highest BCUT2D eigenvalue weighted by Gasteiger charge is 2.35. The van der Waals surface area contributed by atoms with Crippen molar-refractivity contribution in [2.24, 2.45) is 7.05 Å². The lowest BCUT2D eigenvalue weighted by Crippen LogP contribution is -2.46. The number of fused-ring (bicyclic) bond motifs is 1. The summed E-state index contributed by atoms with van der Waals surface area (Å²) < 4.78 is 27.7. The molecule has 2 aromatic carbocycles. The fraction of sp³-hybridized carbons (Fsp3) is 0.458. The number of aromatic nitrogens is 3. The third kappa shape index (κ3) is 5.11. The van der Waals surface area contributed by atoms with Crippen LogP contribution in [0.15, 0.2) is 36.4 Å². The van der Waals surface area contributed by atoms with Crippen LogP contribution in [-0.2, 0) is 29.3 Å². The highest BCUT2D eigenvalue weighted by atomic mass is 35.5. The largest absolute Gasteiger partial charge is 0.481 e. The molecule has 1 aromatic heterocycles. The molecule has 34 heavy (non-hydrogen) atoms. The number of benzene rings is 2. The molecule has 0 spiro atoms. The van der Waals surface area contributed by atoms with E-state index in [2.05, 4.69) is 10.3 Å². The summed E-state index contributed by atoms with van der Waals surface area (Å²) in [7, 11) is -1.01. The maximum Gasteiger partial charge on any atom is 0.304 e. The van der Waals surface area contributed by atoms with Gasteiger partial charge in [0, 0.05) is 30.1 Å². The predicted octanol–water partition coefficient (Wildman–Crippen LogP) is 4.28. The summed E-state index contributed by atoms with van der Waals surface area (Å²) in [6.07, 6.45) is 4.61. The average Bonchev–Trinajstić information content (AvgIpc) is 3.17. The van der Waals surface area contributed by atoms with Gasteiger partial charge in [-0.2, -0.15) is 4.31 Å². The van der Waals surface area contributed by atoms with Crippen molar-refractivity contribution < 1.29 is 18.3 Å². The monoisotopic (exact) mass is 504 g/mol. The van der Waals surface area contributed by atoms with E-state index in [0.29, 0.717) is 16.1 Å². The second-order valence-electron chi connectivity index (χ2n) is 9.32. The number of hydrogen-bond donors (Lipinski definition) is 2. The Labute approximate surface area is 205 Å². The number of thiol groups is 1. The summed E-state index contributed by atoms with van der Waals surface area (Å²) in [6, 6.07) is 11.0. The summed E-state index contributed by atoms with van der Waals surface area (Å²) in [5.41, 5.74) is 3.33. The van der Waals surface area contributed by atoms with Crippen molar-refractivity contribution in [1.82, 2.24) is 19.3 Å². The molecule has 10 heteroatoms. The second-order valence-corrected chi connectivity index (χ2v) is 10.7. The number of aryl methyl sites for hydroxylation is 1. The van der Waals surface area contributed by atoms with E-state index in [1.54, 1.807) is 17.8 Å². The Morgan fingerprint density at radius 1 is 1.18 bits per heavy atom. The van der Waals surface area contributed by atoms with Gasteiger partial charge in [0.05, 0.1) is 11.9 Å². The molecule has 0 aliphatic heterocycles. The Hall–Kier alpha value is -2.49. The van der Waals surface area contributed by atoms with Crippen molar-refractivity contribution >= 4 is 39.5 Å². The van der Waals surface area contributed by atoms with Crippen LogP contribution in [0.3, 0.4) is 0 Å². The van der Waals surface area contributed by atoms with Gasteiger partial charge in [-0.1, -0.05) is 54.3 Å². The lowest BCUT2D eigenvalue weighted by atomic mass is 9.83. The topological polar surface area (TPSA) is 105 Å². The zero-order valence-electron chi connectivity index (χ0n) is 19.3. The fourth-order valence-electron chi connectivity index (χ4n) is 4.99. The van der Waals surface area contributed by atoms with Crippen LogP contribution in [0.5, 0.6) is 0 Å². The minimum Gasteiger partial charge on any atom is -0.481 e. The molecule has 1 aliphatic rings. The van der Waals surface area contributed by atoms with Crippen molar-refractivity contribution in [3.05, 3.63) is 58.1 Å². The minimum absolute atomic E-state index is 0.121. The van der Waals surface area contributed by atoms with E-state index in [0.717, 1.165) is 48.7 Å². The zero-order valence-corrected chi connectivity index (χ0v) is 20.9. The fourth-order valence-corrected chi connectivity index (χ4v) is 6.03. The normalized spacial score (nSPS) is 16.9. The Morgan fingerprint density at radius 2 is 1.85 bits per heavy atom. The van der Waals surface area contributed by atoms with E-state index < -0.39 is 28.3 Å². The maximum atomic E-state index is 12.3. The first kappa shape index (κ1) is 24.6.